The lowest BCUT2D eigenvalue weighted by Gasteiger charge is -2.23. The number of amides is 2. The van der Waals surface area contributed by atoms with E-state index in [4.69, 9.17) is 18.9 Å². The fourth-order valence-corrected chi connectivity index (χ4v) is 4.47. The van der Waals surface area contributed by atoms with Crippen molar-refractivity contribution in [1.82, 2.24) is 4.90 Å². The molecule has 0 fully saturated rings. The Morgan fingerprint density at radius 2 is 1.68 bits per heavy atom. The van der Waals surface area contributed by atoms with Crippen LogP contribution >= 0.6 is 0 Å². The van der Waals surface area contributed by atoms with Crippen LogP contribution in [0.5, 0.6) is 23.0 Å². The number of ether oxygens (including phenoxy) is 4. The van der Waals surface area contributed by atoms with Crippen molar-refractivity contribution in [2.24, 2.45) is 0 Å². The fraction of sp³-hybridized carbons (Fsp3) is 0.333. The maximum absolute atomic E-state index is 13.3. The summed E-state index contributed by atoms with van der Waals surface area (Å²) in [6.45, 7) is 2.84. The number of nitrogens with one attached hydrogen (secondary N) is 1. The first-order valence-corrected chi connectivity index (χ1v) is 12.7. The second-order valence-electron chi connectivity index (χ2n) is 9.11. The van der Waals surface area contributed by atoms with Crippen LogP contribution in [-0.2, 0) is 29.0 Å². The van der Waals surface area contributed by atoms with E-state index < -0.39 is 6.10 Å². The summed E-state index contributed by atoms with van der Waals surface area (Å²) in [5.74, 6) is 2.55. The molecule has 1 atom stereocenters. The quantitative estimate of drug-likeness (QED) is 0.421. The van der Waals surface area contributed by atoms with Crippen molar-refractivity contribution in [2.45, 2.75) is 38.8 Å². The number of benzene rings is 3. The Hall–Kier alpha value is -4.20. The van der Waals surface area contributed by atoms with Gasteiger partial charge in [0, 0.05) is 24.3 Å². The van der Waals surface area contributed by atoms with Gasteiger partial charge in [0.2, 0.25) is 5.91 Å². The molecule has 1 aliphatic heterocycles. The summed E-state index contributed by atoms with van der Waals surface area (Å²) in [6.07, 6.45) is 0.893. The van der Waals surface area contributed by atoms with Gasteiger partial charge in [0.25, 0.3) is 5.91 Å². The molecule has 38 heavy (non-hydrogen) atoms. The molecule has 3 aromatic rings. The molecule has 0 aromatic heterocycles. The van der Waals surface area contributed by atoms with Gasteiger partial charge in [0.05, 0.1) is 27.8 Å². The number of rotatable bonds is 10. The number of carbonyl (C=O) groups excluding carboxylic acids is 2. The van der Waals surface area contributed by atoms with Crippen molar-refractivity contribution in [3.8, 4) is 23.0 Å². The Kier molecular flexibility index (Phi) is 8.73. The molecule has 1 heterocycles. The minimum absolute atomic E-state index is 0.0470. The highest BCUT2D eigenvalue weighted by atomic mass is 16.5. The predicted octanol–water partition coefficient (Wildman–Crippen LogP) is 4.64. The third kappa shape index (κ3) is 6.37. The third-order valence-electron chi connectivity index (χ3n) is 6.57. The Labute approximate surface area is 223 Å². The molecule has 0 bridgehead atoms. The van der Waals surface area contributed by atoms with E-state index in [1.54, 1.807) is 27.4 Å². The molecular formula is C30H34N2O6. The van der Waals surface area contributed by atoms with Crippen molar-refractivity contribution in [2.75, 3.05) is 33.2 Å². The van der Waals surface area contributed by atoms with Crippen LogP contribution in [0.1, 0.15) is 30.0 Å². The first-order valence-electron chi connectivity index (χ1n) is 12.7. The summed E-state index contributed by atoms with van der Waals surface area (Å²) >= 11 is 0. The predicted molar refractivity (Wildman–Crippen MR) is 145 cm³/mol. The Balaban J connectivity index is 1.47. The molecule has 4 rings (SSSR count). The standard InChI is InChI=1S/C30H34N2O6/c1-5-25-30(34)32(15-14-21-8-12-27(36-3)28(16-21)37-4)19-22-18-23(9-13-26(22)38-25)31-29(33)17-20-6-10-24(35-2)11-7-20/h6-13,16,18,25H,5,14-15,17,19H2,1-4H3,(H,31,33). The summed E-state index contributed by atoms with van der Waals surface area (Å²) < 4.78 is 22.0. The van der Waals surface area contributed by atoms with E-state index in [2.05, 4.69) is 5.32 Å². The van der Waals surface area contributed by atoms with Gasteiger partial charge in [0.15, 0.2) is 17.6 Å². The van der Waals surface area contributed by atoms with E-state index in [9.17, 15) is 9.59 Å². The van der Waals surface area contributed by atoms with Crippen molar-refractivity contribution >= 4 is 17.5 Å². The molecule has 0 saturated heterocycles. The van der Waals surface area contributed by atoms with Gasteiger partial charge in [0.1, 0.15) is 11.5 Å². The van der Waals surface area contributed by atoms with Gasteiger partial charge in [-0.3, -0.25) is 9.59 Å². The van der Waals surface area contributed by atoms with Gasteiger partial charge >= 0.3 is 0 Å². The van der Waals surface area contributed by atoms with Crippen molar-refractivity contribution in [3.05, 3.63) is 77.4 Å². The van der Waals surface area contributed by atoms with Crippen LogP contribution in [0.2, 0.25) is 0 Å². The second-order valence-corrected chi connectivity index (χ2v) is 9.11. The number of anilines is 1. The van der Waals surface area contributed by atoms with Crippen LogP contribution in [0, 0.1) is 0 Å². The maximum Gasteiger partial charge on any atom is 0.263 e. The van der Waals surface area contributed by atoms with Crippen LogP contribution in [0.3, 0.4) is 0 Å². The molecule has 1 unspecified atom stereocenters. The molecule has 0 spiro atoms. The highest BCUT2D eigenvalue weighted by Gasteiger charge is 2.30. The fourth-order valence-electron chi connectivity index (χ4n) is 4.47. The van der Waals surface area contributed by atoms with Gasteiger partial charge in [-0.05, 0) is 66.4 Å². The smallest absolute Gasteiger partial charge is 0.263 e. The molecule has 8 nitrogen and oxygen atoms in total. The lowest BCUT2D eigenvalue weighted by molar-refractivity contribution is -0.138. The minimum atomic E-state index is -0.558. The largest absolute Gasteiger partial charge is 0.497 e. The summed E-state index contributed by atoms with van der Waals surface area (Å²) in [7, 11) is 4.82. The lowest BCUT2D eigenvalue weighted by atomic mass is 10.1. The van der Waals surface area contributed by atoms with Crippen molar-refractivity contribution in [3.63, 3.8) is 0 Å². The molecule has 3 aromatic carbocycles. The highest BCUT2D eigenvalue weighted by Crippen LogP contribution is 2.31. The molecule has 2 amide bonds. The van der Waals surface area contributed by atoms with E-state index in [1.807, 2.05) is 66.4 Å². The van der Waals surface area contributed by atoms with Gasteiger partial charge in [-0.1, -0.05) is 25.1 Å². The monoisotopic (exact) mass is 518 g/mol. The number of fused-ring (bicyclic) bond motifs is 1. The Morgan fingerprint density at radius 1 is 0.947 bits per heavy atom. The van der Waals surface area contributed by atoms with E-state index in [1.165, 1.54) is 0 Å². The lowest BCUT2D eigenvalue weighted by Crippen LogP contribution is -2.40. The molecule has 8 heteroatoms. The minimum Gasteiger partial charge on any atom is -0.497 e. The molecule has 0 radical (unpaired) electrons. The summed E-state index contributed by atoms with van der Waals surface area (Å²) in [5.41, 5.74) is 3.43. The van der Waals surface area contributed by atoms with E-state index >= 15 is 0 Å². The molecule has 0 aliphatic carbocycles. The normalized spacial score (nSPS) is 14.7. The van der Waals surface area contributed by atoms with Gasteiger partial charge < -0.3 is 29.2 Å². The number of methoxy groups -OCH3 is 3. The van der Waals surface area contributed by atoms with Crippen molar-refractivity contribution in [1.29, 1.82) is 0 Å². The van der Waals surface area contributed by atoms with E-state index in [-0.39, 0.29) is 18.2 Å². The summed E-state index contributed by atoms with van der Waals surface area (Å²) in [4.78, 5) is 27.8. The molecular weight excluding hydrogens is 484 g/mol. The topological polar surface area (TPSA) is 86.3 Å². The number of hydrogen-bond donors (Lipinski definition) is 1. The number of hydrogen-bond acceptors (Lipinski definition) is 6. The average molecular weight is 519 g/mol. The zero-order chi connectivity index (χ0) is 27.1. The van der Waals surface area contributed by atoms with Gasteiger partial charge in [-0.25, -0.2) is 0 Å². The van der Waals surface area contributed by atoms with Gasteiger partial charge in [-0.15, -0.1) is 0 Å². The Bertz CT molecular complexity index is 1270. The SMILES string of the molecule is CCC1Oc2ccc(NC(=O)Cc3ccc(OC)cc3)cc2CN(CCc2ccc(OC)c(OC)c2)C1=O. The first-order chi connectivity index (χ1) is 18.4. The zero-order valence-corrected chi connectivity index (χ0v) is 22.3. The highest BCUT2D eigenvalue weighted by molar-refractivity contribution is 5.92. The molecule has 1 aliphatic rings. The number of carbonyl (C=O) groups is 2. The molecule has 200 valence electrons. The first kappa shape index (κ1) is 26.9. The zero-order valence-electron chi connectivity index (χ0n) is 22.3. The summed E-state index contributed by atoms with van der Waals surface area (Å²) in [6, 6.07) is 18.7. The van der Waals surface area contributed by atoms with Crippen LogP contribution in [0.4, 0.5) is 5.69 Å². The third-order valence-corrected chi connectivity index (χ3v) is 6.57. The van der Waals surface area contributed by atoms with Crippen LogP contribution in [0.25, 0.3) is 0 Å². The number of nitrogens with zero attached hydrogens (tertiary/aromatic N) is 1. The van der Waals surface area contributed by atoms with Crippen LogP contribution in [-0.4, -0.2) is 50.7 Å². The molecule has 0 saturated carbocycles. The van der Waals surface area contributed by atoms with Crippen LogP contribution in [0.15, 0.2) is 60.7 Å². The van der Waals surface area contributed by atoms with Crippen LogP contribution < -0.4 is 24.3 Å². The van der Waals surface area contributed by atoms with E-state index in [0.29, 0.717) is 48.9 Å². The Morgan fingerprint density at radius 3 is 2.37 bits per heavy atom. The summed E-state index contributed by atoms with van der Waals surface area (Å²) in [5, 5.41) is 2.97. The molecule has 1 N–H and O–H groups in total. The van der Waals surface area contributed by atoms with Gasteiger partial charge in [-0.2, -0.15) is 0 Å². The van der Waals surface area contributed by atoms with E-state index in [0.717, 1.165) is 22.4 Å². The average Bonchev–Trinajstić information content (AvgIpc) is 3.07. The van der Waals surface area contributed by atoms with Crippen molar-refractivity contribution < 1.29 is 28.5 Å². The maximum atomic E-state index is 13.3. The second kappa shape index (κ2) is 12.4.